The Hall–Kier alpha value is -2.22. The lowest BCUT2D eigenvalue weighted by atomic mass is 10.2. The summed E-state index contributed by atoms with van der Waals surface area (Å²) in [6, 6.07) is 19.9. The van der Waals surface area contributed by atoms with Gasteiger partial charge in [0.25, 0.3) is 0 Å². The molecule has 0 saturated carbocycles. The number of hydrogen-bond donors (Lipinski definition) is 0. The van der Waals surface area contributed by atoms with Gasteiger partial charge in [0, 0.05) is 10.9 Å². The Morgan fingerprint density at radius 2 is 1.82 bits per heavy atom. The summed E-state index contributed by atoms with van der Waals surface area (Å²) in [6.07, 6.45) is 0. The van der Waals surface area contributed by atoms with E-state index in [1.165, 1.54) is 23.1 Å². The topological polar surface area (TPSA) is 42.4 Å². The lowest BCUT2D eigenvalue weighted by Crippen LogP contribution is -2.32. The quantitative estimate of drug-likeness (QED) is 0.472. The van der Waals surface area contributed by atoms with Crippen molar-refractivity contribution < 1.29 is 9.53 Å². The van der Waals surface area contributed by atoms with Crippen molar-refractivity contribution in [3.8, 4) is 11.3 Å². The molecular weight excluding hydrogens is 408 g/mol. The Morgan fingerprint density at radius 1 is 1.14 bits per heavy atom. The number of thiocarbonyl (C=S) groups is 1. The molecule has 0 N–H and O–H groups in total. The van der Waals surface area contributed by atoms with Crippen LogP contribution in [0.15, 0.2) is 66.0 Å². The maximum Gasteiger partial charge on any atom is 0.239 e. The Morgan fingerprint density at radius 3 is 2.50 bits per heavy atom. The lowest BCUT2D eigenvalue weighted by molar-refractivity contribution is -0.116. The average Bonchev–Trinajstić information content (AvgIpc) is 3.22. The first-order chi connectivity index (χ1) is 13.7. The largest absolute Gasteiger partial charge is 0.479 e. The fourth-order valence-corrected chi connectivity index (χ4v) is 4.26. The summed E-state index contributed by atoms with van der Waals surface area (Å²) in [5, 5.41) is 2.66. The third-order valence-electron chi connectivity index (χ3n) is 3.85. The number of carbonyl (C=O) groups is 1. The molecule has 1 heterocycles. The minimum atomic E-state index is -0.0510. The van der Waals surface area contributed by atoms with Gasteiger partial charge in [-0.2, -0.15) is 0 Å². The summed E-state index contributed by atoms with van der Waals surface area (Å²) in [4.78, 5) is 19.4. The van der Waals surface area contributed by atoms with Crippen molar-refractivity contribution in [2.45, 2.75) is 13.5 Å². The number of nitrogens with zero attached hydrogens (tertiary/aromatic N) is 2. The molecule has 0 aliphatic rings. The Labute approximate surface area is 178 Å². The molecule has 0 unspecified atom stereocenters. The van der Waals surface area contributed by atoms with Gasteiger partial charge in [-0.1, -0.05) is 72.4 Å². The zero-order valence-electron chi connectivity index (χ0n) is 15.4. The third kappa shape index (κ3) is 5.64. The molecule has 0 bridgehead atoms. The van der Waals surface area contributed by atoms with Crippen LogP contribution in [0.2, 0.25) is 0 Å². The molecule has 144 valence electrons. The molecule has 7 heteroatoms. The monoisotopic (exact) mass is 428 g/mol. The summed E-state index contributed by atoms with van der Waals surface area (Å²) < 4.78 is 5.66. The van der Waals surface area contributed by atoms with E-state index in [-0.39, 0.29) is 11.7 Å². The van der Waals surface area contributed by atoms with Gasteiger partial charge in [-0.3, -0.25) is 9.69 Å². The van der Waals surface area contributed by atoms with Gasteiger partial charge in [0.05, 0.1) is 24.6 Å². The number of thiazole rings is 1. The zero-order chi connectivity index (χ0) is 19.8. The second kappa shape index (κ2) is 10.4. The van der Waals surface area contributed by atoms with Crippen molar-refractivity contribution in [2.24, 2.45) is 0 Å². The maximum atomic E-state index is 13.0. The van der Waals surface area contributed by atoms with E-state index in [0.29, 0.717) is 22.7 Å². The van der Waals surface area contributed by atoms with E-state index >= 15 is 0 Å². The number of thioether (sulfide) groups is 1. The van der Waals surface area contributed by atoms with Crippen LogP contribution >= 0.6 is 35.3 Å². The van der Waals surface area contributed by atoms with Gasteiger partial charge in [-0.05, 0) is 24.7 Å². The van der Waals surface area contributed by atoms with Crippen LogP contribution in [-0.2, 0) is 16.1 Å². The van der Waals surface area contributed by atoms with Crippen molar-refractivity contribution in [3.05, 3.63) is 71.6 Å². The van der Waals surface area contributed by atoms with Crippen LogP contribution in [-0.4, -0.2) is 27.6 Å². The molecule has 0 radical (unpaired) electrons. The molecule has 0 aliphatic heterocycles. The van der Waals surface area contributed by atoms with E-state index in [0.717, 1.165) is 16.8 Å². The average molecular weight is 429 g/mol. The van der Waals surface area contributed by atoms with E-state index < -0.39 is 0 Å². The molecule has 4 nitrogen and oxygen atoms in total. The summed E-state index contributed by atoms with van der Waals surface area (Å²) in [6.45, 7) is 2.83. The SMILES string of the molecule is CCOC(=S)SCC(=O)N(Cc1ccccc1)c1nc(-c2ccccc2)cs1. The van der Waals surface area contributed by atoms with Crippen LogP contribution in [0.25, 0.3) is 11.3 Å². The second-order valence-corrected chi connectivity index (χ2v) is 8.23. The molecule has 1 aromatic heterocycles. The van der Waals surface area contributed by atoms with E-state index in [2.05, 4.69) is 0 Å². The Bertz CT molecular complexity index is 914. The number of rotatable bonds is 7. The zero-order valence-corrected chi connectivity index (χ0v) is 17.9. The summed E-state index contributed by atoms with van der Waals surface area (Å²) >= 11 is 7.84. The molecule has 0 atom stereocenters. The van der Waals surface area contributed by atoms with Gasteiger partial charge in [0.15, 0.2) is 5.13 Å². The molecule has 2 aromatic carbocycles. The van der Waals surface area contributed by atoms with Gasteiger partial charge in [-0.15, -0.1) is 11.3 Å². The second-order valence-electron chi connectivity index (χ2n) is 5.82. The first kappa shape index (κ1) is 20.5. The van der Waals surface area contributed by atoms with Crippen LogP contribution in [0.4, 0.5) is 5.13 Å². The fourth-order valence-electron chi connectivity index (χ4n) is 2.52. The fraction of sp³-hybridized carbons (Fsp3) is 0.190. The summed E-state index contributed by atoms with van der Waals surface area (Å²) in [7, 11) is 0. The summed E-state index contributed by atoms with van der Waals surface area (Å²) in [5.41, 5.74) is 2.94. The number of amides is 1. The predicted molar refractivity (Wildman–Crippen MR) is 122 cm³/mol. The predicted octanol–water partition coefficient (Wildman–Crippen LogP) is 5.40. The van der Waals surface area contributed by atoms with Crippen molar-refractivity contribution in [1.82, 2.24) is 4.98 Å². The molecule has 3 aromatic rings. The van der Waals surface area contributed by atoms with E-state index in [4.69, 9.17) is 21.9 Å². The van der Waals surface area contributed by atoms with Gasteiger partial charge in [0.2, 0.25) is 10.3 Å². The highest BCUT2D eigenvalue weighted by Gasteiger charge is 2.21. The highest BCUT2D eigenvalue weighted by atomic mass is 32.2. The number of carbonyl (C=O) groups excluding carboxylic acids is 1. The number of benzene rings is 2. The minimum absolute atomic E-state index is 0.0510. The molecular formula is C21H20N2O2S3. The van der Waals surface area contributed by atoms with Crippen LogP contribution < -0.4 is 4.90 Å². The van der Waals surface area contributed by atoms with Crippen LogP contribution in [0.1, 0.15) is 12.5 Å². The van der Waals surface area contributed by atoms with Crippen molar-refractivity contribution in [3.63, 3.8) is 0 Å². The highest BCUT2D eigenvalue weighted by Crippen LogP contribution is 2.29. The third-order valence-corrected chi connectivity index (χ3v) is 5.93. The van der Waals surface area contributed by atoms with Crippen LogP contribution in [0.3, 0.4) is 0 Å². The standard InChI is InChI=1S/C21H20N2O2S3/c1-2-25-21(26)28-15-19(24)23(13-16-9-5-3-6-10-16)20-22-18(14-27-20)17-11-7-4-8-12-17/h3-12,14H,2,13,15H2,1H3. The Kier molecular flexibility index (Phi) is 7.59. The lowest BCUT2D eigenvalue weighted by Gasteiger charge is -2.20. The number of anilines is 1. The van der Waals surface area contributed by atoms with Crippen LogP contribution in [0, 0.1) is 0 Å². The van der Waals surface area contributed by atoms with Gasteiger partial charge >= 0.3 is 0 Å². The van der Waals surface area contributed by atoms with E-state index in [9.17, 15) is 4.79 Å². The smallest absolute Gasteiger partial charge is 0.239 e. The highest BCUT2D eigenvalue weighted by molar-refractivity contribution is 8.23. The van der Waals surface area contributed by atoms with Crippen molar-refractivity contribution in [1.29, 1.82) is 0 Å². The van der Waals surface area contributed by atoms with Gasteiger partial charge < -0.3 is 4.74 Å². The van der Waals surface area contributed by atoms with Gasteiger partial charge in [0.1, 0.15) is 0 Å². The summed E-state index contributed by atoms with van der Waals surface area (Å²) in [5.74, 6) is 0.163. The first-order valence-corrected chi connectivity index (χ1v) is 11.1. The minimum Gasteiger partial charge on any atom is -0.479 e. The number of aromatic nitrogens is 1. The normalized spacial score (nSPS) is 10.5. The van der Waals surface area contributed by atoms with Crippen LogP contribution in [0.5, 0.6) is 0 Å². The molecule has 0 saturated heterocycles. The maximum absolute atomic E-state index is 13.0. The molecule has 3 rings (SSSR count). The molecule has 0 aliphatic carbocycles. The van der Waals surface area contributed by atoms with E-state index in [1.54, 1.807) is 4.90 Å². The van der Waals surface area contributed by atoms with Crippen molar-refractivity contribution in [2.75, 3.05) is 17.3 Å². The molecule has 28 heavy (non-hydrogen) atoms. The Balaban J connectivity index is 1.81. The number of hydrogen-bond acceptors (Lipinski definition) is 6. The first-order valence-electron chi connectivity index (χ1n) is 8.82. The van der Waals surface area contributed by atoms with Crippen molar-refractivity contribution >= 4 is 50.7 Å². The molecule has 1 amide bonds. The molecule has 0 spiro atoms. The number of ether oxygens (including phenoxy) is 1. The van der Waals surface area contributed by atoms with E-state index in [1.807, 2.05) is 73.0 Å². The molecule has 0 fully saturated rings. The van der Waals surface area contributed by atoms with Gasteiger partial charge in [-0.25, -0.2) is 4.98 Å².